The number of nitrogens with one attached hydrogen (secondary N) is 1. The number of benzene rings is 3. The minimum absolute atomic E-state index is 0.316. The number of phenols is 1. The molecule has 5 aromatic rings. The van der Waals surface area contributed by atoms with Crippen LogP contribution in [0, 0.1) is 0 Å². The minimum atomic E-state index is 0.316. The third kappa shape index (κ3) is 3.77. The van der Waals surface area contributed by atoms with Crippen LogP contribution in [0.15, 0.2) is 60.7 Å². The molecule has 5 nitrogen and oxygen atoms in total. The zero-order valence-corrected chi connectivity index (χ0v) is 19.8. The van der Waals surface area contributed by atoms with Crippen LogP contribution in [0.5, 0.6) is 5.75 Å². The molecule has 0 bridgehead atoms. The third-order valence-electron chi connectivity index (χ3n) is 6.41. The second-order valence-electron chi connectivity index (χ2n) is 8.35. The molecule has 0 aliphatic carbocycles. The SMILES string of the molecule is CCN(CC)Cc1cc(Nc2c3ccccc3nc3c4cc(Cl)ccc4n(C)c23)ccc1O. The molecule has 33 heavy (non-hydrogen) atoms. The molecule has 0 aliphatic heterocycles. The van der Waals surface area contributed by atoms with Crippen LogP contribution >= 0.6 is 11.6 Å². The number of hydrogen-bond acceptors (Lipinski definition) is 4. The van der Waals surface area contributed by atoms with Crippen molar-refractivity contribution in [3.05, 3.63) is 71.2 Å². The highest BCUT2D eigenvalue weighted by Crippen LogP contribution is 2.39. The number of fused-ring (bicyclic) bond motifs is 4. The molecule has 168 valence electrons. The summed E-state index contributed by atoms with van der Waals surface area (Å²) in [6.45, 7) is 6.83. The van der Waals surface area contributed by atoms with Crippen LogP contribution in [0.3, 0.4) is 0 Å². The Bertz CT molecular complexity index is 1490. The molecular formula is C27H27ClN4O. The molecule has 5 rings (SSSR count). The van der Waals surface area contributed by atoms with Gasteiger partial charge in [0, 0.05) is 40.6 Å². The van der Waals surface area contributed by atoms with Gasteiger partial charge in [-0.05, 0) is 55.6 Å². The highest BCUT2D eigenvalue weighted by atomic mass is 35.5. The van der Waals surface area contributed by atoms with Gasteiger partial charge in [-0.2, -0.15) is 0 Å². The van der Waals surface area contributed by atoms with Gasteiger partial charge < -0.3 is 15.0 Å². The summed E-state index contributed by atoms with van der Waals surface area (Å²) in [7, 11) is 2.06. The molecule has 2 heterocycles. The van der Waals surface area contributed by atoms with Gasteiger partial charge in [0.1, 0.15) is 5.75 Å². The maximum atomic E-state index is 10.5. The van der Waals surface area contributed by atoms with E-state index < -0.39 is 0 Å². The fraction of sp³-hybridized carbons (Fsp3) is 0.222. The van der Waals surface area contributed by atoms with Crippen molar-refractivity contribution in [2.75, 3.05) is 18.4 Å². The highest BCUT2D eigenvalue weighted by molar-refractivity contribution is 6.32. The molecule has 0 fully saturated rings. The fourth-order valence-electron chi connectivity index (χ4n) is 4.58. The van der Waals surface area contributed by atoms with Gasteiger partial charge in [-0.1, -0.05) is 43.6 Å². The lowest BCUT2D eigenvalue weighted by molar-refractivity contribution is 0.291. The Balaban J connectivity index is 1.71. The van der Waals surface area contributed by atoms with E-state index in [4.69, 9.17) is 16.6 Å². The van der Waals surface area contributed by atoms with Crippen LogP contribution in [0.25, 0.3) is 32.8 Å². The summed E-state index contributed by atoms with van der Waals surface area (Å²) in [4.78, 5) is 7.28. The Labute approximate surface area is 198 Å². The van der Waals surface area contributed by atoms with Gasteiger partial charge in [0.2, 0.25) is 0 Å². The monoisotopic (exact) mass is 458 g/mol. The summed E-state index contributed by atoms with van der Waals surface area (Å²) < 4.78 is 2.17. The van der Waals surface area contributed by atoms with Gasteiger partial charge in [0.05, 0.1) is 27.8 Å². The lowest BCUT2D eigenvalue weighted by Crippen LogP contribution is -2.22. The normalized spacial score (nSPS) is 11.8. The van der Waals surface area contributed by atoms with Gasteiger partial charge in [-0.25, -0.2) is 4.98 Å². The van der Waals surface area contributed by atoms with Crippen molar-refractivity contribution in [2.45, 2.75) is 20.4 Å². The molecule has 0 unspecified atom stereocenters. The predicted molar refractivity (Wildman–Crippen MR) is 139 cm³/mol. The lowest BCUT2D eigenvalue weighted by Gasteiger charge is -2.20. The van der Waals surface area contributed by atoms with E-state index in [0.717, 1.165) is 62.9 Å². The topological polar surface area (TPSA) is 53.3 Å². The standard InChI is InChI=1S/C27H27ClN4O/c1-4-32(5-2)16-17-14-19(11-13-24(17)33)29-25-20-8-6-7-9-22(20)30-26-21-15-18(28)10-12-23(21)31(3)27(25)26/h6-15,33H,4-5,16H2,1-3H3,(H,29,30). The highest BCUT2D eigenvalue weighted by Gasteiger charge is 2.18. The predicted octanol–water partition coefficient (Wildman–Crippen LogP) is 6.82. The zero-order chi connectivity index (χ0) is 23.1. The number of aromatic hydroxyl groups is 1. The van der Waals surface area contributed by atoms with Crippen molar-refractivity contribution in [1.29, 1.82) is 0 Å². The zero-order valence-electron chi connectivity index (χ0n) is 19.1. The second kappa shape index (κ2) is 8.58. The quantitative estimate of drug-likeness (QED) is 0.274. The number of nitrogens with zero attached hydrogens (tertiary/aromatic N) is 3. The number of aromatic nitrogens is 2. The molecule has 6 heteroatoms. The first kappa shape index (κ1) is 21.6. The first-order chi connectivity index (χ1) is 16.0. The summed E-state index contributed by atoms with van der Waals surface area (Å²) in [5.41, 5.74) is 6.75. The molecule has 2 N–H and O–H groups in total. The number of halogens is 1. The summed E-state index contributed by atoms with van der Waals surface area (Å²) in [6.07, 6.45) is 0. The Hall–Kier alpha value is -3.28. The van der Waals surface area contributed by atoms with Crippen LogP contribution in [-0.2, 0) is 13.6 Å². The number of hydrogen-bond donors (Lipinski definition) is 2. The number of pyridine rings is 1. The van der Waals surface area contributed by atoms with Crippen molar-refractivity contribution in [1.82, 2.24) is 14.5 Å². The van der Waals surface area contributed by atoms with Crippen LogP contribution in [-0.4, -0.2) is 32.6 Å². The van der Waals surface area contributed by atoms with Crippen LogP contribution in [0.4, 0.5) is 11.4 Å². The molecule has 2 aromatic heterocycles. The summed E-state index contributed by atoms with van der Waals surface area (Å²) in [5.74, 6) is 0.316. The van der Waals surface area contributed by atoms with Crippen molar-refractivity contribution >= 4 is 55.8 Å². The van der Waals surface area contributed by atoms with Crippen molar-refractivity contribution in [2.24, 2.45) is 7.05 Å². The number of aryl methyl sites for hydroxylation is 1. The smallest absolute Gasteiger partial charge is 0.120 e. The molecule has 0 aliphatic rings. The Morgan fingerprint density at radius 1 is 1.00 bits per heavy atom. The van der Waals surface area contributed by atoms with Crippen LogP contribution in [0.1, 0.15) is 19.4 Å². The Morgan fingerprint density at radius 3 is 2.58 bits per heavy atom. The van der Waals surface area contributed by atoms with Gasteiger partial charge in [-0.15, -0.1) is 0 Å². The van der Waals surface area contributed by atoms with E-state index in [9.17, 15) is 5.11 Å². The third-order valence-corrected chi connectivity index (χ3v) is 6.65. The van der Waals surface area contributed by atoms with Crippen LogP contribution < -0.4 is 5.32 Å². The molecule has 0 radical (unpaired) electrons. The summed E-state index contributed by atoms with van der Waals surface area (Å²) in [5, 5.41) is 16.9. The van der Waals surface area contributed by atoms with Crippen molar-refractivity contribution in [3.63, 3.8) is 0 Å². The summed E-state index contributed by atoms with van der Waals surface area (Å²) >= 11 is 6.33. The molecule has 0 spiro atoms. The van der Waals surface area contributed by atoms with Crippen LogP contribution in [0.2, 0.25) is 5.02 Å². The number of anilines is 2. The first-order valence-electron chi connectivity index (χ1n) is 11.3. The Kier molecular flexibility index (Phi) is 5.60. The maximum Gasteiger partial charge on any atom is 0.120 e. The van der Waals surface area contributed by atoms with E-state index in [2.05, 4.69) is 41.7 Å². The number of rotatable bonds is 6. The molecule has 3 aromatic carbocycles. The maximum absolute atomic E-state index is 10.5. The van der Waals surface area contributed by atoms with E-state index in [-0.39, 0.29) is 0 Å². The fourth-order valence-corrected chi connectivity index (χ4v) is 4.75. The Morgan fingerprint density at radius 2 is 1.79 bits per heavy atom. The van der Waals surface area contributed by atoms with E-state index in [1.807, 2.05) is 48.5 Å². The second-order valence-corrected chi connectivity index (χ2v) is 8.79. The van der Waals surface area contributed by atoms with E-state index in [1.54, 1.807) is 6.07 Å². The lowest BCUT2D eigenvalue weighted by atomic mass is 10.1. The molecule has 0 amide bonds. The van der Waals surface area contributed by atoms with Gasteiger partial charge >= 0.3 is 0 Å². The summed E-state index contributed by atoms with van der Waals surface area (Å²) in [6, 6.07) is 19.8. The van der Waals surface area contributed by atoms with Gasteiger partial charge in [0.25, 0.3) is 0 Å². The van der Waals surface area contributed by atoms with E-state index in [1.165, 1.54) is 0 Å². The first-order valence-corrected chi connectivity index (χ1v) is 11.7. The average Bonchev–Trinajstić information content (AvgIpc) is 3.10. The van der Waals surface area contributed by atoms with Crippen molar-refractivity contribution in [3.8, 4) is 5.75 Å². The largest absolute Gasteiger partial charge is 0.508 e. The number of phenolic OH excluding ortho intramolecular Hbond substituents is 1. The number of para-hydroxylation sites is 1. The van der Waals surface area contributed by atoms with E-state index in [0.29, 0.717) is 17.3 Å². The molecule has 0 saturated heterocycles. The molecular weight excluding hydrogens is 432 g/mol. The van der Waals surface area contributed by atoms with Gasteiger partial charge in [-0.3, -0.25) is 4.90 Å². The van der Waals surface area contributed by atoms with Crippen molar-refractivity contribution < 1.29 is 5.11 Å². The molecule has 0 atom stereocenters. The average molecular weight is 459 g/mol. The molecule has 0 saturated carbocycles. The van der Waals surface area contributed by atoms with E-state index >= 15 is 0 Å². The van der Waals surface area contributed by atoms with Gasteiger partial charge in [0.15, 0.2) is 0 Å². The minimum Gasteiger partial charge on any atom is -0.508 e.